The molecule has 8 heteroatoms. The van der Waals surface area contributed by atoms with Crippen LogP contribution in [0.15, 0.2) is 48.7 Å². The summed E-state index contributed by atoms with van der Waals surface area (Å²) < 4.78 is 32.6. The molecule has 1 aliphatic heterocycles. The van der Waals surface area contributed by atoms with E-state index in [4.69, 9.17) is 4.74 Å². The van der Waals surface area contributed by atoms with Gasteiger partial charge >= 0.3 is 5.97 Å². The van der Waals surface area contributed by atoms with Gasteiger partial charge in [0.2, 0.25) is 0 Å². The second kappa shape index (κ2) is 13.1. The van der Waals surface area contributed by atoms with Crippen molar-refractivity contribution in [3.05, 3.63) is 71.4 Å². The van der Waals surface area contributed by atoms with E-state index < -0.39 is 23.7 Å². The van der Waals surface area contributed by atoms with Crippen LogP contribution < -0.4 is 4.74 Å². The maximum Gasteiger partial charge on any atom is 0.303 e. The number of carboxylic acids is 1. The highest BCUT2D eigenvalue weighted by Crippen LogP contribution is 2.35. The summed E-state index contributed by atoms with van der Waals surface area (Å²) in [5, 5.41) is 21.4. The minimum absolute atomic E-state index is 0.00314. The van der Waals surface area contributed by atoms with Gasteiger partial charge in [0.05, 0.1) is 18.7 Å². The minimum atomic E-state index is -0.817. The lowest BCUT2D eigenvalue weighted by molar-refractivity contribution is -0.139. The average Bonchev–Trinajstić information content (AvgIpc) is 2.91. The standard InChI is InChI=1S/C30H36F2N2O4/c1-38-23-9-10-27-25(18-23)24(12-14-33-27)28(35)11-8-20-13-16-34(19-22(20)17-29(36)37)15-3-2-5-21-6-4-7-26(31)30(21)32/h4,6-7,9-10,12,14,18,20,22,28,35H,2-3,5,8,11,13,15-17,19H2,1H3,(H,36,37)/t20-,22+,28+/m1/s1. The molecule has 3 atom stereocenters. The Hall–Kier alpha value is -3.10. The van der Waals surface area contributed by atoms with Crippen LogP contribution in [0.1, 0.15) is 55.8 Å². The molecule has 1 saturated heterocycles. The Kier molecular flexibility index (Phi) is 9.63. The van der Waals surface area contributed by atoms with Crippen molar-refractivity contribution in [1.29, 1.82) is 0 Å². The van der Waals surface area contributed by atoms with Crippen molar-refractivity contribution in [2.24, 2.45) is 11.8 Å². The van der Waals surface area contributed by atoms with E-state index in [9.17, 15) is 23.8 Å². The summed E-state index contributed by atoms with van der Waals surface area (Å²) >= 11 is 0. The van der Waals surface area contributed by atoms with Crippen LogP contribution in [0.2, 0.25) is 0 Å². The van der Waals surface area contributed by atoms with Crippen LogP contribution in [0, 0.1) is 23.5 Å². The number of fused-ring (bicyclic) bond motifs is 1. The molecule has 2 aromatic carbocycles. The number of likely N-dealkylation sites (tertiary alicyclic amines) is 1. The molecule has 1 fully saturated rings. The molecule has 6 nitrogen and oxygen atoms in total. The van der Waals surface area contributed by atoms with Gasteiger partial charge in [-0.25, -0.2) is 8.78 Å². The number of piperidine rings is 1. The molecule has 2 N–H and O–H groups in total. The largest absolute Gasteiger partial charge is 0.497 e. The molecular weight excluding hydrogens is 490 g/mol. The summed E-state index contributed by atoms with van der Waals surface area (Å²) in [5.74, 6) is -1.48. The van der Waals surface area contributed by atoms with Crippen molar-refractivity contribution in [1.82, 2.24) is 9.88 Å². The molecule has 2 heterocycles. The molecule has 1 aliphatic rings. The number of aliphatic hydroxyl groups is 1. The molecule has 38 heavy (non-hydrogen) atoms. The summed E-state index contributed by atoms with van der Waals surface area (Å²) in [7, 11) is 1.60. The van der Waals surface area contributed by atoms with Crippen molar-refractivity contribution in [3.63, 3.8) is 0 Å². The maximum atomic E-state index is 13.9. The molecule has 0 unspecified atom stereocenters. The molecule has 3 aromatic rings. The maximum absolute atomic E-state index is 13.9. The van der Waals surface area contributed by atoms with E-state index in [2.05, 4.69) is 9.88 Å². The predicted octanol–water partition coefficient (Wildman–Crippen LogP) is 5.77. The molecule has 0 radical (unpaired) electrons. The normalized spacial score (nSPS) is 18.9. The number of hydrogen-bond donors (Lipinski definition) is 2. The first-order valence-electron chi connectivity index (χ1n) is 13.3. The van der Waals surface area contributed by atoms with Crippen LogP contribution in [0.3, 0.4) is 0 Å². The van der Waals surface area contributed by atoms with Crippen molar-refractivity contribution < 1.29 is 28.5 Å². The summed E-state index contributed by atoms with van der Waals surface area (Å²) in [6.07, 6.45) is 5.30. The topological polar surface area (TPSA) is 82.9 Å². The third-order valence-corrected chi connectivity index (χ3v) is 7.77. The Balaban J connectivity index is 1.31. The fraction of sp³-hybridized carbons (Fsp3) is 0.467. The second-order valence-electron chi connectivity index (χ2n) is 10.3. The van der Waals surface area contributed by atoms with Crippen molar-refractivity contribution >= 4 is 16.9 Å². The Morgan fingerprint density at radius 3 is 2.82 bits per heavy atom. The third-order valence-electron chi connectivity index (χ3n) is 7.77. The summed E-state index contributed by atoms with van der Waals surface area (Å²) in [5.41, 5.74) is 1.99. The number of aromatic nitrogens is 1. The van der Waals surface area contributed by atoms with Crippen LogP contribution in [-0.4, -0.2) is 52.8 Å². The number of aliphatic hydroxyl groups excluding tert-OH is 1. The van der Waals surface area contributed by atoms with Crippen molar-refractivity contribution in [2.75, 3.05) is 26.7 Å². The number of ether oxygens (including phenoxy) is 1. The fourth-order valence-electron chi connectivity index (χ4n) is 5.68. The van der Waals surface area contributed by atoms with Gasteiger partial charge in [0.15, 0.2) is 11.6 Å². The third kappa shape index (κ3) is 7.05. The molecule has 4 rings (SSSR count). The minimum Gasteiger partial charge on any atom is -0.497 e. The lowest BCUT2D eigenvalue weighted by atomic mass is 9.79. The molecule has 0 saturated carbocycles. The molecule has 0 aliphatic carbocycles. The van der Waals surface area contributed by atoms with Crippen LogP contribution in [0.4, 0.5) is 8.78 Å². The van der Waals surface area contributed by atoms with E-state index in [1.54, 1.807) is 19.4 Å². The number of hydrogen-bond acceptors (Lipinski definition) is 5. The number of aliphatic carboxylic acids is 1. The first kappa shape index (κ1) is 27.9. The number of nitrogens with zero attached hydrogens (tertiary/aromatic N) is 2. The number of halogens is 2. The van der Waals surface area contributed by atoms with E-state index in [-0.39, 0.29) is 18.3 Å². The monoisotopic (exact) mass is 526 g/mol. The number of carbonyl (C=O) groups is 1. The summed E-state index contributed by atoms with van der Waals surface area (Å²) in [6.45, 7) is 2.35. The highest BCUT2D eigenvalue weighted by Gasteiger charge is 2.31. The van der Waals surface area contributed by atoms with Crippen molar-refractivity contribution in [3.8, 4) is 5.75 Å². The Bertz CT molecular complexity index is 1240. The number of benzene rings is 2. The summed E-state index contributed by atoms with van der Waals surface area (Å²) in [4.78, 5) is 18.3. The molecule has 0 spiro atoms. The quantitative estimate of drug-likeness (QED) is 0.292. The van der Waals surface area contributed by atoms with Gasteiger partial charge in [-0.2, -0.15) is 0 Å². The predicted molar refractivity (Wildman–Crippen MR) is 142 cm³/mol. The SMILES string of the molecule is COc1ccc2nccc([C@@H](O)CC[C@@H]3CCN(CCCCc4cccc(F)c4F)C[C@@H]3CC(=O)O)c2c1. The van der Waals surface area contributed by atoms with Crippen LogP contribution in [-0.2, 0) is 11.2 Å². The van der Waals surface area contributed by atoms with Crippen LogP contribution >= 0.6 is 0 Å². The first-order chi connectivity index (χ1) is 18.4. The number of methoxy groups -OCH3 is 1. The van der Waals surface area contributed by atoms with E-state index in [1.807, 2.05) is 24.3 Å². The molecule has 0 amide bonds. The Morgan fingerprint density at radius 2 is 2.03 bits per heavy atom. The van der Waals surface area contributed by atoms with Gasteiger partial charge in [-0.15, -0.1) is 0 Å². The zero-order chi connectivity index (χ0) is 27.1. The summed E-state index contributed by atoms with van der Waals surface area (Å²) in [6, 6.07) is 11.7. The molecule has 0 bridgehead atoms. The number of aryl methyl sites for hydroxylation is 1. The zero-order valence-electron chi connectivity index (χ0n) is 21.8. The fourth-order valence-corrected chi connectivity index (χ4v) is 5.68. The van der Waals surface area contributed by atoms with Gasteiger partial charge in [0.1, 0.15) is 5.75 Å². The van der Waals surface area contributed by atoms with Crippen molar-refractivity contribution in [2.45, 2.75) is 51.0 Å². The van der Waals surface area contributed by atoms with Crippen LogP contribution in [0.25, 0.3) is 10.9 Å². The van der Waals surface area contributed by atoms with Gasteiger partial charge < -0.3 is 19.8 Å². The van der Waals surface area contributed by atoms with Gasteiger partial charge in [0, 0.05) is 24.5 Å². The Labute approximate surface area is 222 Å². The van der Waals surface area contributed by atoms with E-state index in [1.165, 1.54) is 6.07 Å². The Morgan fingerprint density at radius 1 is 1.18 bits per heavy atom. The number of pyridine rings is 1. The van der Waals surface area contributed by atoms with Gasteiger partial charge in [-0.1, -0.05) is 12.1 Å². The van der Waals surface area contributed by atoms with E-state index >= 15 is 0 Å². The van der Waals surface area contributed by atoms with Gasteiger partial charge in [-0.05, 0) is 105 Å². The molecular formula is C30H36F2N2O4. The zero-order valence-corrected chi connectivity index (χ0v) is 21.8. The van der Waals surface area contributed by atoms with Gasteiger partial charge in [0.25, 0.3) is 0 Å². The van der Waals surface area contributed by atoms with E-state index in [0.29, 0.717) is 30.7 Å². The lowest BCUT2D eigenvalue weighted by Gasteiger charge is -2.38. The number of unbranched alkanes of at least 4 members (excludes halogenated alkanes) is 1. The molecule has 204 valence electrons. The highest BCUT2D eigenvalue weighted by atomic mass is 19.2. The first-order valence-corrected chi connectivity index (χ1v) is 13.3. The molecule has 1 aromatic heterocycles. The number of rotatable bonds is 12. The number of carboxylic acid groups (broad SMARTS) is 1. The van der Waals surface area contributed by atoms with Gasteiger partial charge in [-0.3, -0.25) is 9.78 Å². The average molecular weight is 527 g/mol. The smallest absolute Gasteiger partial charge is 0.303 e. The van der Waals surface area contributed by atoms with E-state index in [0.717, 1.165) is 61.3 Å². The second-order valence-corrected chi connectivity index (χ2v) is 10.3. The lowest BCUT2D eigenvalue weighted by Crippen LogP contribution is -2.41. The van der Waals surface area contributed by atoms with Crippen LogP contribution in [0.5, 0.6) is 5.75 Å². The highest BCUT2D eigenvalue weighted by molar-refractivity contribution is 5.83.